The second-order valence-corrected chi connectivity index (χ2v) is 7.79. The van der Waals surface area contributed by atoms with Gasteiger partial charge in [0, 0.05) is 24.7 Å². The molecule has 2 aromatic heterocycles. The molecule has 4 aromatic rings. The van der Waals surface area contributed by atoms with Crippen LogP contribution in [0.25, 0.3) is 16.8 Å². The summed E-state index contributed by atoms with van der Waals surface area (Å²) in [5.74, 6) is 0.653. The van der Waals surface area contributed by atoms with Gasteiger partial charge in [0.1, 0.15) is 5.82 Å². The van der Waals surface area contributed by atoms with Crippen LogP contribution in [-0.4, -0.2) is 19.2 Å². The summed E-state index contributed by atoms with van der Waals surface area (Å²) in [7, 11) is 1.66. The molecule has 2 aromatic carbocycles. The third-order valence-electron chi connectivity index (χ3n) is 5.60. The fraction of sp³-hybridized carbons (Fsp3) is 0.280. The lowest BCUT2D eigenvalue weighted by atomic mass is 9.95. The first-order chi connectivity index (χ1) is 15.0. The molecule has 0 unspecified atom stereocenters. The Balaban J connectivity index is 1.82. The molecule has 4 rings (SSSR count). The molecule has 0 atom stereocenters. The largest absolute Gasteiger partial charge is 0.351 e. The summed E-state index contributed by atoms with van der Waals surface area (Å²) in [6.45, 7) is 4.00. The normalized spacial score (nSPS) is 11.0. The highest BCUT2D eigenvalue weighted by Gasteiger charge is 2.18. The highest BCUT2D eigenvalue weighted by molar-refractivity contribution is 5.71. The van der Waals surface area contributed by atoms with E-state index in [0.717, 1.165) is 47.2 Å². The van der Waals surface area contributed by atoms with Crippen LogP contribution in [0.4, 0.5) is 0 Å². The van der Waals surface area contributed by atoms with Crippen molar-refractivity contribution in [1.82, 2.24) is 19.2 Å². The molecular formula is C25H25N5O. The van der Waals surface area contributed by atoms with Gasteiger partial charge in [-0.2, -0.15) is 5.26 Å². The first kappa shape index (κ1) is 20.5. The molecule has 0 aliphatic heterocycles. The van der Waals surface area contributed by atoms with Gasteiger partial charge in [0.2, 0.25) is 0 Å². The molecule has 0 bridgehead atoms. The number of unbranched alkanes of at least 4 members (excludes halogenated alkanes) is 1. The molecule has 6 heteroatoms. The summed E-state index contributed by atoms with van der Waals surface area (Å²) < 4.78 is 2.94. The minimum Gasteiger partial charge on any atom is -0.246 e. The molecule has 156 valence electrons. The number of fused-ring (bicyclic) bond motifs is 1. The van der Waals surface area contributed by atoms with Gasteiger partial charge in [-0.1, -0.05) is 55.8 Å². The Bertz CT molecular complexity index is 1340. The highest BCUT2D eigenvalue weighted by Crippen LogP contribution is 2.26. The Hall–Kier alpha value is -3.72. The number of aryl methyl sites for hydroxylation is 3. The molecule has 0 amide bonds. The van der Waals surface area contributed by atoms with Crippen molar-refractivity contribution in [3.05, 3.63) is 87.2 Å². The SMILES string of the molecule is CCCCc1nc(C)n2c(=O)n(C)nc2c1Cc1ccc(-c2ccccc2)c(C#N)c1. The number of nitriles is 1. The molecule has 2 heterocycles. The Morgan fingerprint density at radius 2 is 1.90 bits per heavy atom. The van der Waals surface area contributed by atoms with Crippen LogP contribution < -0.4 is 5.69 Å². The van der Waals surface area contributed by atoms with Gasteiger partial charge >= 0.3 is 5.69 Å². The molecule has 0 N–H and O–H groups in total. The van der Waals surface area contributed by atoms with Crippen LogP contribution in [0.15, 0.2) is 53.3 Å². The van der Waals surface area contributed by atoms with E-state index in [1.165, 1.54) is 4.68 Å². The van der Waals surface area contributed by atoms with Crippen molar-refractivity contribution in [2.75, 3.05) is 0 Å². The average molecular weight is 412 g/mol. The fourth-order valence-electron chi connectivity index (χ4n) is 3.99. The van der Waals surface area contributed by atoms with E-state index >= 15 is 0 Å². The highest BCUT2D eigenvalue weighted by atomic mass is 16.2. The lowest BCUT2D eigenvalue weighted by Crippen LogP contribution is -2.20. The van der Waals surface area contributed by atoms with Crippen molar-refractivity contribution in [1.29, 1.82) is 5.26 Å². The Morgan fingerprint density at radius 3 is 2.61 bits per heavy atom. The maximum Gasteiger partial charge on any atom is 0.351 e. The zero-order valence-corrected chi connectivity index (χ0v) is 18.1. The third kappa shape index (κ3) is 3.87. The summed E-state index contributed by atoms with van der Waals surface area (Å²) in [5, 5.41) is 14.3. The Kier molecular flexibility index (Phi) is 5.68. The van der Waals surface area contributed by atoms with Gasteiger partial charge in [-0.25, -0.2) is 18.9 Å². The maximum atomic E-state index is 12.6. The number of aromatic nitrogens is 4. The molecule has 0 saturated heterocycles. The first-order valence-corrected chi connectivity index (χ1v) is 10.6. The van der Waals surface area contributed by atoms with Gasteiger partial charge in [0.05, 0.1) is 11.6 Å². The summed E-state index contributed by atoms with van der Waals surface area (Å²) >= 11 is 0. The van der Waals surface area contributed by atoms with E-state index in [0.29, 0.717) is 23.5 Å². The van der Waals surface area contributed by atoms with Gasteiger partial charge < -0.3 is 0 Å². The Labute approximate surface area is 181 Å². The van der Waals surface area contributed by atoms with Crippen LogP contribution in [0.1, 0.15) is 48.0 Å². The van der Waals surface area contributed by atoms with Crippen molar-refractivity contribution < 1.29 is 0 Å². The van der Waals surface area contributed by atoms with Crippen molar-refractivity contribution in [2.24, 2.45) is 7.05 Å². The van der Waals surface area contributed by atoms with Crippen LogP contribution in [0, 0.1) is 18.3 Å². The maximum absolute atomic E-state index is 12.6. The summed E-state index contributed by atoms with van der Waals surface area (Å²) in [4.78, 5) is 17.3. The predicted octanol–water partition coefficient (Wildman–Crippen LogP) is 4.21. The number of nitrogens with zero attached hydrogens (tertiary/aromatic N) is 5. The van der Waals surface area contributed by atoms with E-state index in [1.807, 2.05) is 55.5 Å². The van der Waals surface area contributed by atoms with E-state index in [-0.39, 0.29) is 5.69 Å². The lowest BCUT2D eigenvalue weighted by molar-refractivity contribution is 0.726. The monoisotopic (exact) mass is 411 g/mol. The van der Waals surface area contributed by atoms with E-state index in [9.17, 15) is 10.1 Å². The second-order valence-electron chi connectivity index (χ2n) is 7.79. The number of hydrogen-bond acceptors (Lipinski definition) is 4. The third-order valence-corrected chi connectivity index (χ3v) is 5.60. The van der Waals surface area contributed by atoms with Crippen LogP contribution in [0.3, 0.4) is 0 Å². The summed E-state index contributed by atoms with van der Waals surface area (Å²) in [6.07, 6.45) is 3.48. The molecule has 0 aliphatic rings. The van der Waals surface area contributed by atoms with E-state index in [2.05, 4.69) is 18.1 Å². The summed E-state index contributed by atoms with van der Waals surface area (Å²) in [6, 6.07) is 18.2. The number of rotatable bonds is 6. The van der Waals surface area contributed by atoms with Crippen molar-refractivity contribution in [3.63, 3.8) is 0 Å². The van der Waals surface area contributed by atoms with Gasteiger partial charge in [0.15, 0.2) is 5.65 Å². The van der Waals surface area contributed by atoms with Crippen molar-refractivity contribution >= 4 is 5.65 Å². The number of benzene rings is 2. The first-order valence-electron chi connectivity index (χ1n) is 10.6. The summed E-state index contributed by atoms with van der Waals surface area (Å²) in [5.41, 5.74) is 5.95. The van der Waals surface area contributed by atoms with Crippen LogP contribution >= 0.6 is 0 Å². The zero-order chi connectivity index (χ0) is 22.0. The Morgan fingerprint density at radius 1 is 1.13 bits per heavy atom. The molecular weight excluding hydrogens is 386 g/mol. The molecule has 6 nitrogen and oxygen atoms in total. The van der Waals surface area contributed by atoms with E-state index in [4.69, 9.17) is 4.98 Å². The van der Waals surface area contributed by atoms with E-state index in [1.54, 1.807) is 11.4 Å². The molecule has 0 fully saturated rings. The minimum absolute atomic E-state index is 0.194. The van der Waals surface area contributed by atoms with Gasteiger partial charge in [0.25, 0.3) is 0 Å². The molecule has 0 spiro atoms. The molecule has 0 aliphatic carbocycles. The van der Waals surface area contributed by atoms with Gasteiger partial charge in [-0.15, -0.1) is 5.10 Å². The van der Waals surface area contributed by atoms with Crippen LogP contribution in [0.5, 0.6) is 0 Å². The zero-order valence-electron chi connectivity index (χ0n) is 18.1. The van der Waals surface area contributed by atoms with Crippen LogP contribution in [-0.2, 0) is 19.9 Å². The van der Waals surface area contributed by atoms with Crippen molar-refractivity contribution in [2.45, 2.75) is 39.5 Å². The molecule has 31 heavy (non-hydrogen) atoms. The molecule has 0 saturated carbocycles. The molecule has 0 radical (unpaired) electrons. The smallest absolute Gasteiger partial charge is 0.246 e. The quantitative estimate of drug-likeness (QED) is 0.476. The standard InChI is InChI=1S/C25H25N5O/c1-4-5-11-23-22(24-28-29(3)25(31)30(24)17(2)27-23)15-18-12-13-21(20(14-18)16-26)19-9-7-6-8-10-19/h6-10,12-14H,4-5,11,15H2,1-3H3. The topological polar surface area (TPSA) is 76.0 Å². The second kappa shape index (κ2) is 8.57. The van der Waals surface area contributed by atoms with Crippen LogP contribution in [0.2, 0.25) is 0 Å². The lowest BCUT2D eigenvalue weighted by Gasteiger charge is -2.13. The fourth-order valence-corrected chi connectivity index (χ4v) is 3.99. The van der Waals surface area contributed by atoms with Gasteiger partial charge in [-0.3, -0.25) is 0 Å². The minimum atomic E-state index is -0.194. The average Bonchev–Trinajstić information content (AvgIpc) is 3.09. The van der Waals surface area contributed by atoms with Gasteiger partial charge in [-0.05, 0) is 42.5 Å². The van der Waals surface area contributed by atoms with Crippen molar-refractivity contribution in [3.8, 4) is 17.2 Å². The predicted molar refractivity (Wildman–Crippen MR) is 121 cm³/mol. The van der Waals surface area contributed by atoms with E-state index < -0.39 is 0 Å². The number of hydrogen-bond donors (Lipinski definition) is 0.